The summed E-state index contributed by atoms with van der Waals surface area (Å²) in [5, 5.41) is 6.54. The van der Waals surface area contributed by atoms with E-state index in [1.807, 2.05) is 45.0 Å². The molecule has 1 radical (unpaired) electrons. The number of benzene rings is 8. The fraction of sp³-hybridized carbons (Fsp3) is 0.246. The molecule has 0 bridgehead atoms. The predicted octanol–water partition coefficient (Wildman–Crippen LogP) is 17.3. The summed E-state index contributed by atoms with van der Waals surface area (Å²) >= 11 is 0. The molecule has 0 N–H and O–H groups in total. The molecule has 71 heavy (non-hydrogen) atoms. The minimum atomic E-state index is -2.30. The molecule has 0 saturated carbocycles. The molecule has 0 atom stereocenters. The molecule has 11 aromatic rings. The standard InChI is InChI=1S/C49H41N2O.C16H19N2.Ir/c1-29(2)40-26-35(31-13-6-5-7-14-31)27-41(30(3)4)46(40)51-47-37-18-11-9-16-33(37)23-24-44(47)50-49(51)39-20-12-19-38-43-25-34-22-21-32-15-8-10-17-36(32)42(34)28-45(43)52-48(38)39;1-11-6-8-13(9-7-11)15-17-10-12(2)14(18-15)16(3,4)5;/h5-8,10,12-15,17,19,21-30H,9,11,16,18H2,1-4H3;6-8,10H,1-5H3;/q2*-1;/i16D2,18D2;1D3,2D3;. The van der Waals surface area contributed by atoms with Gasteiger partial charge in [-0.25, -0.2) is 0 Å². The van der Waals surface area contributed by atoms with E-state index in [0.717, 1.165) is 55.1 Å². The monoisotopic (exact) mass is 1120 g/mol. The third-order valence-corrected chi connectivity index (χ3v) is 13.4. The van der Waals surface area contributed by atoms with Gasteiger partial charge < -0.3 is 8.98 Å². The Morgan fingerprint density at radius 2 is 1.46 bits per heavy atom. The second-order valence-electron chi connectivity index (χ2n) is 19.9. The minimum Gasteiger partial charge on any atom is -0.501 e. The van der Waals surface area contributed by atoms with E-state index in [1.54, 1.807) is 12.1 Å². The van der Waals surface area contributed by atoms with Gasteiger partial charge in [-0.3, -0.25) is 15.0 Å². The van der Waals surface area contributed by atoms with E-state index >= 15 is 0 Å². The molecule has 12 rings (SSSR count). The molecule has 6 heteroatoms. The number of rotatable bonds is 6. The second kappa shape index (κ2) is 19.1. The maximum atomic E-state index is 9.43. The zero-order valence-electron chi connectivity index (χ0n) is 50.9. The molecule has 0 saturated heterocycles. The van der Waals surface area contributed by atoms with Crippen LogP contribution in [0.25, 0.3) is 94.1 Å². The topological polar surface area (TPSA) is 56.7 Å². The maximum absolute atomic E-state index is 9.43. The first-order valence-electron chi connectivity index (χ1n) is 29.1. The van der Waals surface area contributed by atoms with Gasteiger partial charge in [0.05, 0.1) is 28.3 Å². The molecule has 0 spiro atoms. The number of hydrogen-bond donors (Lipinski definition) is 0. The smallest absolute Gasteiger partial charge is 0.121 e. The van der Waals surface area contributed by atoms with Crippen LogP contribution in [-0.2, 0) is 38.3 Å². The van der Waals surface area contributed by atoms with Crippen LogP contribution in [0.3, 0.4) is 0 Å². The molecule has 3 aromatic heterocycles. The third-order valence-electron chi connectivity index (χ3n) is 13.4. The van der Waals surface area contributed by atoms with E-state index in [1.165, 1.54) is 29.1 Å². The number of furan rings is 1. The van der Waals surface area contributed by atoms with E-state index in [0.29, 0.717) is 56.2 Å². The summed E-state index contributed by atoms with van der Waals surface area (Å²) in [5.41, 5.74) is 10.2. The summed E-state index contributed by atoms with van der Waals surface area (Å²) in [7, 11) is 0. The quantitative estimate of drug-likeness (QED) is 0.123. The number of imidazole rings is 1. The first-order valence-corrected chi connectivity index (χ1v) is 24.1. The predicted molar refractivity (Wildman–Crippen MR) is 292 cm³/mol. The van der Waals surface area contributed by atoms with Crippen molar-refractivity contribution in [1.82, 2.24) is 19.5 Å². The summed E-state index contributed by atoms with van der Waals surface area (Å²) in [4.78, 5) is 13.9. The largest absolute Gasteiger partial charge is 0.501 e. The third kappa shape index (κ3) is 8.80. The molecule has 0 unspecified atom stereocenters. The molecular weight excluding hydrogens is 1040 g/mol. The number of fused-ring (bicyclic) bond motifs is 9. The van der Waals surface area contributed by atoms with Gasteiger partial charge in [0.2, 0.25) is 0 Å². The second-order valence-corrected chi connectivity index (χ2v) is 19.9. The van der Waals surface area contributed by atoms with Gasteiger partial charge in [-0.15, -0.1) is 53.6 Å². The Labute approximate surface area is 445 Å². The van der Waals surface area contributed by atoms with E-state index in [-0.39, 0.29) is 55.9 Å². The van der Waals surface area contributed by atoms with Gasteiger partial charge in [0.15, 0.2) is 0 Å². The number of hydrogen-bond acceptors (Lipinski definition) is 4. The van der Waals surface area contributed by atoms with Crippen molar-refractivity contribution >= 4 is 54.5 Å². The Hall–Kier alpha value is -6.72. The van der Waals surface area contributed by atoms with Crippen molar-refractivity contribution in [3.05, 3.63) is 191 Å². The maximum Gasteiger partial charge on any atom is 0.121 e. The molecule has 0 aliphatic heterocycles. The SMILES string of the molecule is [2H]C([2H])([2H])c1c[c-]c(-c2ncc(C([2H])([2H])[2H])c(C(C)(C)C)n2)cc1.[2H]C1([2H])CCC([2H])([2H])c2c1ccc1nc(-c3[c-]ccc4c3oc3cc5c(ccc6ccccc65)cc34)n(-c3c(C(C)C)cc(-c4ccccc4)cc3C(C)C)c21.[Ir]. The zero-order valence-corrected chi connectivity index (χ0v) is 43.3. The van der Waals surface area contributed by atoms with E-state index in [9.17, 15) is 2.74 Å². The van der Waals surface area contributed by atoms with Crippen LogP contribution in [0.15, 0.2) is 144 Å². The summed E-state index contributed by atoms with van der Waals surface area (Å²) < 4.78 is 91.1. The van der Waals surface area contributed by atoms with Gasteiger partial charge in [-0.2, -0.15) is 0 Å². The van der Waals surface area contributed by atoms with Crippen molar-refractivity contribution in [2.75, 3.05) is 0 Å². The minimum absolute atomic E-state index is 0. The van der Waals surface area contributed by atoms with Crippen LogP contribution in [0.1, 0.15) is 126 Å². The molecule has 0 amide bonds. The van der Waals surface area contributed by atoms with Gasteiger partial charge in [0.1, 0.15) is 5.58 Å². The summed E-state index contributed by atoms with van der Waals surface area (Å²) in [6.45, 7) is 9.96. The van der Waals surface area contributed by atoms with Crippen LogP contribution in [0.4, 0.5) is 0 Å². The van der Waals surface area contributed by atoms with Crippen LogP contribution in [0, 0.1) is 25.8 Å². The van der Waals surface area contributed by atoms with Gasteiger partial charge >= 0.3 is 0 Å². The Balaban J connectivity index is 0.000000249. The molecule has 1 aliphatic rings. The van der Waals surface area contributed by atoms with Crippen molar-refractivity contribution < 1.29 is 38.2 Å². The van der Waals surface area contributed by atoms with Gasteiger partial charge in [-0.05, 0) is 135 Å². The van der Waals surface area contributed by atoms with Crippen molar-refractivity contribution in [2.24, 2.45) is 0 Å². The van der Waals surface area contributed by atoms with E-state index in [2.05, 4.69) is 139 Å². The fourth-order valence-electron chi connectivity index (χ4n) is 9.93. The Kier molecular flexibility index (Phi) is 10.00. The number of nitrogens with zero attached hydrogens (tertiary/aromatic N) is 4. The Morgan fingerprint density at radius 3 is 2.20 bits per heavy atom. The van der Waals surface area contributed by atoms with Crippen LogP contribution in [-0.4, -0.2) is 19.5 Å². The van der Waals surface area contributed by atoms with Gasteiger partial charge in [-0.1, -0.05) is 139 Å². The molecular formula is C65H60IrN4O-2. The van der Waals surface area contributed by atoms with Crippen LogP contribution >= 0.6 is 0 Å². The molecule has 3 heterocycles. The first-order chi connectivity index (χ1) is 37.7. The average molecular weight is 1120 g/mol. The van der Waals surface area contributed by atoms with E-state index in [4.69, 9.17) is 20.4 Å². The number of aromatic nitrogens is 4. The summed E-state index contributed by atoms with van der Waals surface area (Å²) in [6, 6.07) is 50.5. The average Bonchev–Trinajstić information content (AvgIpc) is 4.23. The molecule has 5 nitrogen and oxygen atoms in total. The molecule has 8 aromatic carbocycles. The zero-order chi connectivity index (χ0) is 57.0. The summed E-state index contributed by atoms with van der Waals surface area (Å²) in [6.07, 6.45) is -1.98. The molecule has 0 fully saturated rings. The van der Waals surface area contributed by atoms with Crippen LogP contribution < -0.4 is 0 Å². The van der Waals surface area contributed by atoms with Crippen molar-refractivity contribution in [3.63, 3.8) is 0 Å². The van der Waals surface area contributed by atoms with Crippen molar-refractivity contribution in [2.45, 2.75) is 105 Å². The fourth-order valence-corrected chi connectivity index (χ4v) is 9.93. The molecule has 357 valence electrons. The summed E-state index contributed by atoms with van der Waals surface area (Å²) in [5.74, 6) is 1.09. The first kappa shape index (κ1) is 37.1. The normalized spacial score (nSPS) is 16.6. The van der Waals surface area contributed by atoms with Gasteiger partial charge in [0, 0.05) is 62.2 Å². The van der Waals surface area contributed by atoms with E-state index < -0.39 is 31.9 Å². The van der Waals surface area contributed by atoms with Crippen molar-refractivity contribution in [3.8, 4) is 39.6 Å². The van der Waals surface area contributed by atoms with Crippen LogP contribution in [0.5, 0.6) is 0 Å². The number of aryl methyl sites for hydroxylation is 4. The Bertz CT molecular complexity index is 4180. The molecule has 1 aliphatic carbocycles. The van der Waals surface area contributed by atoms with Crippen molar-refractivity contribution in [1.29, 1.82) is 0 Å². The van der Waals surface area contributed by atoms with Crippen LogP contribution in [0.2, 0.25) is 0 Å². The van der Waals surface area contributed by atoms with Gasteiger partial charge in [0.25, 0.3) is 0 Å². The Morgan fingerprint density at radius 1 is 0.704 bits per heavy atom.